The number of carbonyl (C=O) groups is 2. The molecule has 0 aromatic heterocycles. The fraction of sp³-hybridized carbons (Fsp3) is 0.375. The lowest BCUT2D eigenvalue weighted by Crippen LogP contribution is -2.64. The molecule has 0 aliphatic carbocycles. The lowest BCUT2D eigenvalue weighted by Gasteiger charge is -2.40. The molecule has 0 N–H and O–H groups in total. The molecule has 3 amide bonds. The van der Waals surface area contributed by atoms with Crippen LogP contribution in [0.25, 0.3) is 0 Å². The van der Waals surface area contributed by atoms with E-state index >= 15 is 0 Å². The second-order valence-electron chi connectivity index (χ2n) is 8.37. The van der Waals surface area contributed by atoms with Crippen LogP contribution in [0.2, 0.25) is 0 Å². The van der Waals surface area contributed by atoms with Crippen molar-refractivity contribution in [1.82, 2.24) is 14.7 Å². The van der Waals surface area contributed by atoms with E-state index < -0.39 is 12.2 Å². The molecule has 3 aliphatic rings. The van der Waals surface area contributed by atoms with Crippen molar-refractivity contribution < 1.29 is 14.3 Å². The van der Waals surface area contributed by atoms with Crippen LogP contribution in [0.3, 0.4) is 0 Å². The summed E-state index contributed by atoms with van der Waals surface area (Å²) in [5, 5.41) is 0. The van der Waals surface area contributed by atoms with Gasteiger partial charge >= 0.3 is 6.03 Å². The summed E-state index contributed by atoms with van der Waals surface area (Å²) < 4.78 is 5.54. The van der Waals surface area contributed by atoms with E-state index in [1.54, 1.807) is 11.9 Å². The van der Waals surface area contributed by atoms with Gasteiger partial charge in [-0.1, -0.05) is 29.8 Å². The van der Waals surface area contributed by atoms with Crippen molar-refractivity contribution >= 4 is 23.6 Å². The maximum atomic E-state index is 13.5. The molecular weight excluding hydrogens is 406 g/mol. The number of rotatable bonds is 5. The number of guanidine groups is 1. The van der Waals surface area contributed by atoms with E-state index in [1.165, 1.54) is 4.90 Å². The number of carbonyl (C=O) groups excluding carboxylic acids is 2. The van der Waals surface area contributed by atoms with Gasteiger partial charge in [-0.05, 0) is 43.7 Å². The highest BCUT2D eigenvalue weighted by molar-refractivity contribution is 6.07. The summed E-state index contributed by atoms with van der Waals surface area (Å²) in [4.78, 5) is 38.4. The number of benzene rings is 2. The average Bonchev–Trinajstić information content (AvgIpc) is 3.36. The van der Waals surface area contributed by atoms with Gasteiger partial charge in [0, 0.05) is 25.8 Å². The van der Waals surface area contributed by atoms with Crippen molar-refractivity contribution in [3.8, 4) is 5.75 Å². The van der Waals surface area contributed by atoms with Crippen LogP contribution < -0.4 is 9.64 Å². The Hall–Kier alpha value is -3.55. The largest absolute Gasteiger partial charge is 0.494 e. The molecule has 2 atom stereocenters. The summed E-state index contributed by atoms with van der Waals surface area (Å²) in [5.74, 6) is 1.38. The molecule has 8 heteroatoms. The van der Waals surface area contributed by atoms with E-state index in [9.17, 15) is 9.59 Å². The van der Waals surface area contributed by atoms with E-state index in [2.05, 4.69) is 4.90 Å². The minimum absolute atomic E-state index is 0.188. The zero-order valence-electron chi connectivity index (χ0n) is 18.6. The maximum absolute atomic E-state index is 13.5. The molecule has 3 aliphatic heterocycles. The molecule has 5 rings (SSSR count). The molecule has 0 saturated carbocycles. The highest BCUT2D eigenvalue weighted by Crippen LogP contribution is 2.34. The van der Waals surface area contributed by atoms with E-state index in [4.69, 9.17) is 9.73 Å². The monoisotopic (exact) mass is 433 g/mol. The molecule has 3 heterocycles. The van der Waals surface area contributed by atoms with E-state index in [0.717, 1.165) is 35.1 Å². The predicted octanol–water partition coefficient (Wildman–Crippen LogP) is 2.67. The first kappa shape index (κ1) is 20.4. The molecule has 0 radical (unpaired) electrons. The van der Waals surface area contributed by atoms with E-state index in [-0.39, 0.29) is 18.5 Å². The lowest BCUT2D eigenvalue weighted by molar-refractivity contribution is -0.137. The number of aryl methyl sites for hydroxylation is 1. The van der Waals surface area contributed by atoms with Crippen molar-refractivity contribution in [2.24, 2.45) is 4.99 Å². The van der Waals surface area contributed by atoms with Gasteiger partial charge < -0.3 is 19.4 Å². The van der Waals surface area contributed by atoms with Crippen molar-refractivity contribution in [3.05, 3.63) is 59.7 Å². The Morgan fingerprint density at radius 2 is 1.88 bits per heavy atom. The molecule has 0 bridgehead atoms. The Bertz CT molecular complexity index is 1080. The fourth-order valence-electron chi connectivity index (χ4n) is 4.71. The summed E-state index contributed by atoms with van der Waals surface area (Å²) in [6.45, 7) is 6.26. The molecule has 2 unspecified atom stereocenters. The van der Waals surface area contributed by atoms with Gasteiger partial charge in [0.2, 0.25) is 5.96 Å². The van der Waals surface area contributed by atoms with Gasteiger partial charge in [-0.25, -0.2) is 9.79 Å². The SMILES string of the molecule is CCOc1ccc(N2CCN3C2=NC2C3C(=O)N(Cc3cccc(C)c3)C(=O)N2C)cc1. The number of hydrogen-bond donors (Lipinski definition) is 0. The number of aliphatic imine (C=N–C) groups is 1. The lowest BCUT2D eigenvalue weighted by atomic mass is 10.1. The van der Waals surface area contributed by atoms with Gasteiger partial charge in [-0.2, -0.15) is 0 Å². The minimum atomic E-state index is -0.510. The maximum Gasteiger partial charge on any atom is 0.328 e. The third-order valence-electron chi connectivity index (χ3n) is 6.26. The first-order chi connectivity index (χ1) is 15.5. The predicted molar refractivity (Wildman–Crippen MR) is 122 cm³/mol. The zero-order valence-corrected chi connectivity index (χ0v) is 18.6. The Morgan fingerprint density at radius 1 is 1.09 bits per heavy atom. The molecule has 0 spiro atoms. The van der Waals surface area contributed by atoms with Gasteiger partial charge in [0.15, 0.2) is 12.2 Å². The van der Waals surface area contributed by atoms with Crippen LogP contribution in [0.15, 0.2) is 53.5 Å². The van der Waals surface area contributed by atoms with Crippen molar-refractivity contribution in [3.63, 3.8) is 0 Å². The second kappa shape index (κ2) is 7.85. The van der Waals surface area contributed by atoms with Gasteiger partial charge in [0.25, 0.3) is 5.91 Å². The Balaban J connectivity index is 1.40. The summed E-state index contributed by atoms with van der Waals surface area (Å²) >= 11 is 0. The van der Waals surface area contributed by atoms with Crippen molar-refractivity contribution in [2.45, 2.75) is 32.6 Å². The summed E-state index contributed by atoms with van der Waals surface area (Å²) in [6.07, 6.45) is -0.510. The second-order valence-corrected chi connectivity index (χ2v) is 8.37. The molecule has 2 fully saturated rings. The fourth-order valence-corrected chi connectivity index (χ4v) is 4.71. The zero-order chi connectivity index (χ0) is 22.4. The van der Waals surface area contributed by atoms with Gasteiger partial charge in [0.05, 0.1) is 13.2 Å². The van der Waals surface area contributed by atoms with Gasteiger partial charge in [-0.15, -0.1) is 0 Å². The van der Waals surface area contributed by atoms with Crippen LogP contribution in [0.5, 0.6) is 5.75 Å². The number of nitrogens with zero attached hydrogens (tertiary/aromatic N) is 5. The number of amides is 3. The first-order valence-electron chi connectivity index (χ1n) is 11.0. The number of fused-ring (bicyclic) bond motifs is 3. The van der Waals surface area contributed by atoms with Crippen LogP contribution in [-0.4, -0.2) is 71.5 Å². The highest BCUT2D eigenvalue weighted by atomic mass is 16.5. The Labute approximate surface area is 187 Å². The van der Waals surface area contributed by atoms with Crippen LogP contribution in [0.1, 0.15) is 18.1 Å². The van der Waals surface area contributed by atoms with Crippen molar-refractivity contribution in [1.29, 1.82) is 0 Å². The molecule has 32 heavy (non-hydrogen) atoms. The molecule has 2 aromatic rings. The normalized spacial score (nSPS) is 22.3. The molecular formula is C24H27N5O3. The quantitative estimate of drug-likeness (QED) is 0.725. The van der Waals surface area contributed by atoms with Crippen molar-refractivity contribution in [2.75, 3.05) is 31.6 Å². The number of urea groups is 1. The van der Waals surface area contributed by atoms with Gasteiger partial charge in [-0.3, -0.25) is 9.69 Å². The summed E-state index contributed by atoms with van der Waals surface area (Å²) in [7, 11) is 1.73. The number of imide groups is 1. The number of ether oxygens (including phenoxy) is 1. The summed E-state index contributed by atoms with van der Waals surface area (Å²) in [6, 6.07) is 15.0. The van der Waals surface area contributed by atoms with E-state index in [1.807, 2.05) is 67.3 Å². The highest BCUT2D eigenvalue weighted by Gasteiger charge is 2.54. The Morgan fingerprint density at radius 3 is 2.59 bits per heavy atom. The van der Waals surface area contributed by atoms with Crippen LogP contribution in [0.4, 0.5) is 10.5 Å². The Kier molecular flexibility index (Phi) is 5.00. The third-order valence-corrected chi connectivity index (χ3v) is 6.26. The topological polar surface area (TPSA) is 68.7 Å². The molecule has 2 saturated heterocycles. The number of anilines is 1. The minimum Gasteiger partial charge on any atom is -0.494 e. The van der Waals surface area contributed by atoms with Crippen LogP contribution in [-0.2, 0) is 11.3 Å². The number of likely N-dealkylation sites (N-methyl/N-ethyl adjacent to an activating group) is 1. The molecule has 166 valence electrons. The number of hydrogen-bond acceptors (Lipinski definition) is 6. The molecule has 8 nitrogen and oxygen atoms in total. The smallest absolute Gasteiger partial charge is 0.328 e. The third kappa shape index (κ3) is 3.26. The average molecular weight is 434 g/mol. The standard InChI is InChI=1S/C24H27N5O3/c1-4-32-19-10-8-18(9-11-19)27-12-13-28-20-21(25-23(27)28)26(3)24(31)29(22(20)30)15-17-7-5-6-16(2)14-17/h5-11,14,20-21H,4,12-13,15H2,1-3H3. The summed E-state index contributed by atoms with van der Waals surface area (Å²) in [5.41, 5.74) is 3.03. The van der Waals surface area contributed by atoms with Crippen LogP contribution >= 0.6 is 0 Å². The van der Waals surface area contributed by atoms with E-state index in [0.29, 0.717) is 13.2 Å². The first-order valence-corrected chi connectivity index (χ1v) is 11.0. The van der Waals surface area contributed by atoms with Crippen LogP contribution in [0, 0.1) is 6.92 Å². The van der Waals surface area contributed by atoms with Gasteiger partial charge in [0.1, 0.15) is 5.75 Å². The molecule has 2 aromatic carbocycles.